The molecule has 0 bridgehead atoms. The van der Waals surface area contributed by atoms with Crippen molar-refractivity contribution in [1.82, 2.24) is 0 Å². The Morgan fingerprint density at radius 3 is 2.54 bits per heavy atom. The van der Waals surface area contributed by atoms with Crippen LogP contribution in [0, 0.1) is 18.8 Å². The molecule has 0 radical (unpaired) electrons. The normalized spacial score (nSPS) is 24.1. The molecule has 3 atom stereocenters. The van der Waals surface area contributed by atoms with E-state index in [-0.39, 0.29) is 42.2 Å². The Hall–Kier alpha value is -2.65. The molecular formula is C30H39NO4. The van der Waals surface area contributed by atoms with Gasteiger partial charge in [0.15, 0.2) is 5.78 Å². The Kier molecular flexibility index (Phi) is 8.28. The lowest BCUT2D eigenvalue weighted by Crippen LogP contribution is -2.37. The minimum absolute atomic E-state index is 0.00596. The summed E-state index contributed by atoms with van der Waals surface area (Å²) in [6.07, 6.45) is 12.7. The predicted molar refractivity (Wildman–Crippen MR) is 139 cm³/mol. The molecule has 2 fully saturated rings. The van der Waals surface area contributed by atoms with Crippen LogP contribution in [-0.2, 0) is 14.4 Å². The average molecular weight is 478 g/mol. The van der Waals surface area contributed by atoms with Crippen LogP contribution in [0.4, 0.5) is 5.69 Å². The molecule has 2 N–H and O–H groups in total. The monoisotopic (exact) mass is 477 g/mol. The fraction of sp³-hybridized carbons (Fsp3) is 0.600. The number of benzene rings is 1. The smallest absolute Gasteiger partial charge is 0.303 e. The number of carboxylic acid groups (broad SMARTS) is 1. The number of hydrogen-bond acceptors (Lipinski definition) is 4. The van der Waals surface area contributed by atoms with Gasteiger partial charge in [0.2, 0.25) is 0 Å². The van der Waals surface area contributed by atoms with E-state index in [1.165, 1.54) is 42.5 Å². The van der Waals surface area contributed by atoms with E-state index in [1.807, 2.05) is 13.0 Å². The first-order valence-electron chi connectivity index (χ1n) is 13.5. The van der Waals surface area contributed by atoms with Crippen molar-refractivity contribution in [3.8, 4) is 0 Å². The molecule has 1 aromatic carbocycles. The summed E-state index contributed by atoms with van der Waals surface area (Å²) >= 11 is 0. The van der Waals surface area contributed by atoms with E-state index < -0.39 is 5.97 Å². The average Bonchev–Trinajstić information content (AvgIpc) is 3.27. The zero-order valence-electron chi connectivity index (χ0n) is 21.2. The van der Waals surface area contributed by atoms with Crippen LogP contribution in [0.3, 0.4) is 0 Å². The molecule has 3 aliphatic carbocycles. The molecule has 5 heteroatoms. The minimum atomic E-state index is -0.732. The second-order valence-electron chi connectivity index (χ2n) is 10.8. The Morgan fingerprint density at radius 1 is 1.09 bits per heavy atom. The molecule has 5 nitrogen and oxygen atoms in total. The maximum absolute atomic E-state index is 12.9. The van der Waals surface area contributed by atoms with Crippen LogP contribution >= 0.6 is 0 Å². The van der Waals surface area contributed by atoms with Gasteiger partial charge in [-0.3, -0.25) is 14.4 Å². The lowest BCUT2D eigenvalue weighted by atomic mass is 9.66. The van der Waals surface area contributed by atoms with Gasteiger partial charge in [-0.1, -0.05) is 45.4 Å². The lowest BCUT2D eigenvalue weighted by Gasteiger charge is -2.35. The van der Waals surface area contributed by atoms with E-state index in [2.05, 4.69) is 30.1 Å². The largest absolute Gasteiger partial charge is 0.481 e. The molecule has 0 spiro atoms. The van der Waals surface area contributed by atoms with Gasteiger partial charge in [-0.05, 0) is 73.4 Å². The number of aryl methyl sites for hydroxylation is 1. The second-order valence-corrected chi connectivity index (χ2v) is 10.8. The number of hydrogen-bond donors (Lipinski definition) is 2. The first-order chi connectivity index (χ1) is 16.8. The van der Waals surface area contributed by atoms with Gasteiger partial charge >= 0.3 is 5.97 Å². The van der Waals surface area contributed by atoms with Crippen molar-refractivity contribution in [1.29, 1.82) is 0 Å². The molecule has 0 aromatic heterocycles. The molecule has 0 aliphatic heterocycles. The van der Waals surface area contributed by atoms with Crippen molar-refractivity contribution in [2.45, 2.75) is 103 Å². The third kappa shape index (κ3) is 5.95. The first-order valence-corrected chi connectivity index (χ1v) is 13.5. The number of nitrogens with one attached hydrogen (secondary N) is 1. The number of aliphatic carboxylic acids is 1. The van der Waals surface area contributed by atoms with Gasteiger partial charge in [0.1, 0.15) is 5.78 Å². The molecule has 3 aliphatic rings. The first kappa shape index (κ1) is 25.4. The topological polar surface area (TPSA) is 83.5 Å². The summed E-state index contributed by atoms with van der Waals surface area (Å²) in [6.45, 7) is 4.12. The van der Waals surface area contributed by atoms with Gasteiger partial charge in [0, 0.05) is 35.6 Å². The van der Waals surface area contributed by atoms with Crippen LogP contribution in [0.25, 0.3) is 6.08 Å². The number of anilines is 1. The number of carbonyl (C=O) groups is 3. The van der Waals surface area contributed by atoms with Crippen molar-refractivity contribution >= 4 is 29.3 Å². The van der Waals surface area contributed by atoms with Crippen molar-refractivity contribution < 1.29 is 19.5 Å². The van der Waals surface area contributed by atoms with E-state index in [9.17, 15) is 14.4 Å². The van der Waals surface area contributed by atoms with Gasteiger partial charge in [-0.2, -0.15) is 0 Å². The Bertz CT molecular complexity index is 1040. The van der Waals surface area contributed by atoms with Gasteiger partial charge in [0.25, 0.3) is 0 Å². The van der Waals surface area contributed by atoms with E-state index >= 15 is 0 Å². The highest BCUT2D eigenvalue weighted by Crippen LogP contribution is 2.46. The van der Waals surface area contributed by atoms with Crippen LogP contribution < -0.4 is 5.32 Å². The zero-order valence-corrected chi connectivity index (χ0v) is 21.2. The summed E-state index contributed by atoms with van der Waals surface area (Å²) in [7, 11) is 0. The van der Waals surface area contributed by atoms with Crippen molar-refractivity contribution in [2.75, 3.05) is 5.32 Å². The third-order valence-electron chi connectivity index (χ3n) is 8.28. The van der Waals surface area contributed by atoms with Crippen LogP contribution in [0.2, 0.25) is 0 Å². The number of rotatable bonds is 10. The Balaban J connectivity index is 1.59. The Labute approximate surface area is 209 Å². The second kappa shape index (κ2) is 11.4. The highest BCUT2D eigenvalue weighted by Gasteiger charge is 2.43. The molecule has 188 valence electrons. The minimum Gasteiger partial charge on any atom is -0.481 e. The third-order valence-corrected chi connectivity index (χ3v) is 8.28. The fourth-order valence-corrected chi connectivity index (χ4v) is 6.27. The molecule has 3 unspecified atom stereocenters. The number of fused-ring (bicyclic) bond motifs is 2. The quantitative estimate of drug-likeness (QED) is 0.225. The SMILES string of the molecule is Cc1cc2c(cc1NC1CCCC1)C(CCCCCCCC(=O)O)C1C(=C=C2)C(=O)CC(=O)C1C. The van der Waals surface area contributed by atoms with Crippen LogP contribution in [0.5, 0.6) is 0 Å². The summed E-state index contributed by atoms with van der Waals surface area (Å²) in [5.41, 5.74) is 8.75. The molecule has 1 aromatic rings. The van der Waals surface area contributed by atoms with Gasteiger partial charge in [-0.15, -0.1) is 5.73 Å². The highest BCUT2D eigenvalue weighted by atomic mass is 16.4. The van der Waals surface area contributed by atoms with Crippen LogP contribution in [0.1, 0.15) is 107 Å². The van der Waals surface area contributed by atoms with Crippen LogP contribution in [-0.4, -0.2) is 28.7 Å². The number of ketones is 2. The zero-order chi connectivity index (χ0) is 24.9. The Morgan fingerprint density at radius 2 is 1.80 bits per heavy atom. The summed E-state index contributed by atoms with van der Waals surface area (Å²) in [5.74, 6) is -0.980. The molecule has 35 heavy (non-hydrogen) atoms. The molecule has 0 heterocycles. The van der Waals surface area contributed by atoms with E-state index in [4.69, 9.17) is 5.11 Å². The van der Waals surface area contributed by atoms with E-state index in [0.29, 0.717) is 11.6 Å². The van der Waals surface area contributed by atoms with Gasteiger partial charge in [-0.25, -0.2) is 0 Å². The standard InChI is InChI=1S/C30H39NO4/c1-19-16-21-14-15-24-28(33)18-27(32)20(2)30(24)23(12-6-4-3-5-7-13-29(34)35)25(21)17-26(19)31-22-10-8-9-11-22/h14,16-17,20,22-23,30-31H,3-13,18H2,1-2H3,(H,34,35). The maximum atomic E-state index is 12.9. The summed E-state index contributed by atoms with van der Waals surface area (Å²) < 4.78 is 0. The molecule has 0 saturated heterocycles. The maximum Gasteiger partial charge on any atom is 0.303 e. The van der Waals surface area contributed by atoms with Gasteiger partial charge in [0.05, 0.1) is 6.42 Å². The summed E-state index contributed by atoms with van der Waals surface area (Å²) in [6, 6.07) is 5.02. The van der Waals surface area contributed by atoms with E-state index in [0.717, 1.165) is 44.1 Å². The summed E-state index contributed by atoms with van der Waals surface area (Å²) in [5, 5.41) is 12.6. The number of allylic oxidation sites excluding steroid dienone is 1. The molecule has 0 amide bonds. The van der Waals surface area contributed by atoms with Crippen molar-refractivity contribution in [3.63, 3.8) is 0 Å². The van der Waals surface area contributed by atoms with Gasteiger partial charge < -0.3 is 10.4 Å². The number of carbonyl (C=O) groups excluding carboxylic acids is 2. The molecular weight excluding hydrogens is 438 g/mol. The number of unbranched alkanes of at least 4 members (excludes halogenated alkanes) is 4. The number of carboxylic acids is 1. The van der Waals surface area contributed by atoms with E-state index in [1.54, 1.807) is 0 Å². The fourth-order valence-electron chi connectivity index (χ4n) is 6.27. The van der Waals surface area contributed by atoms with Crippen molar-refractivity contribution in [3.05, 3.63) is 40.1 Å². The lowest BCUT2D eigenvalue weighted by molar-refractivity contribution is -0.137. The summed E-state index contributed by atoms with van der Waals surface area (Å²) in [4.78, 5) is 36.4. The predicted octanol–water partition coefficient (Wildman–Crippen LogP) is 6.59. The highest BCUT2D eigenvalue weighted by molar-refractivity contribution is 6.12. The molecule has 2 saturated carbocycles. The number of Topliss-reactive ketones (excluding diaryl/α,β-unsaturated/α-hetero) is 2. The molecule has 4 rings (SSSR count). The van der Waals surface area contributed by atoms with Crippen molar-refractivity contribution in [2.24, 2.45) is 11.8 Å². The van der Waals surface area contributed by atoms with Crippen LogP contribution in [0.15, 0.2) is 23.4 Å².